The molecular weight excluding hydrogens is 326 g/mol. The zero-order chi connectivity index (χ0) is 18.0. The Kier molecular flexibility index (Phi) is 4.96. The Balaban J connectivity index is 1.97. The van der Waals surface area contributed by atoms with Crippen LogP contribution in [0.4, 0.5) is 8.78 Å². The van der Waals surface area contributed by atoms with Gasteiger partial charge in [-0.1, -0.05) is 12.2 Å². The molecule has 0 radical (unpaired) electrons. The summed E-state index contributed by atoms with van der Waals surface area (Å²) in [4.78, 5) is 6.00. The van der Waals surface area contributed by atoms with Gasteiger partial charge in [0.1, 0.15) is 29.9 Å². The smallest absolute Gasteiger partial charge is 0.137 e. The van der Waals surface area contributed by atoms with Crippen molar-refractivity contribution < 1.29 is 13.9 Å². The highest BCUT2D eigenvalue weighted by Crippen LogP contribution is 2.33. The third kappa shape index (κ3) is 3.77. The van der Waals surface area contributed by atoms with Crippen molar-refractivity contribution in [3.05, 3.63) is 60.2 Å². The monoisotopic (exact) mass is 348 g/mol. The third-order valence-corrected chi connectivity index (χ3v) is 4.98. The second kappa shape index (κ2) is 7.01. The summed E-state index contributed by atoms with van der Waals surface area (Å²) in [5, 5.41) is 15.5. The number of piperidine rings is 1. The Morgan fingerprint density at radius 2 is 1.88 bits per heavy atom. The predicted octanol–water partition coefficient (Wildman–Crippen LogP) is 2.48. The minimum absolute atomic E-state index is 0.0501. The van der Waals surface area contributed by atoms with E-state index >= 15 is 0 Å². The molecule has 1 fully saturated rings. The highest BCUT2D eigenvalue weighted by atomic mass is 19.1. The van der Waals surface area contributed by atoms with Crippen molar-refractivity contribution in [2.75, 3.05) is 13.1 Å². The molecule has 0 aliphatic carbocycles. The van der Waals surface area contributed by atoms with Gasteiger partial charge in [0.15, 0.2) is 0 Å². The Morgan fingerprint density at radius 3 is 2.44 bits per heavy atom. The summed E-state index contributed by atoms with van der Waals surface area (Å²) in [7, 11) is 0. The number of hydrogen-bond acceptors (Lipinski definition) is 4. The molecule has 0 amide bonds. The molecule has 1 N–H and O–H groups in total. The zero-order valence-electron chi connectivity index (χ0n) is 14.2. The first-order valence-electron chi connectivity index (χ1n) is 8.30. The fourth-order valence-corrected chi connectivity index (χ4v) is 3.36. The predicted molar refractivity (Wildman–Crippen MR) is 89.7 cm³/mol. The average molecular weight is 348 g/mol. The fraction of sp³-hybridized carbons (Fsp3) is 0.444. The highest BCUT2D eigenvalue weighted by Gasteiger charge is 2.41. The van der Waals surface area contributed by atoms with Gasteiger partial charge in [0.05, 0.1) is 6.54 Å². The molecular formula is C18H22F2N4O. The molecule has 134 valence electrons. The summed E-state index contributed by atoms with van der Waals surface area (Å²) in [5.74, 6) is -1.43. The number of hydrogen-bond donors (Lipinski definition) is 1. The maximum Gasteiger partial charge on any atom is 0.137 e. The second-order valence-electron chi connectivity index (χ2n) is 6.64. The number of benzene rings is 1. The van der Waals surface area contributed by atoms with Crippen LogP contribution in [0.3, 0.4) is 0 Å². The van der Waals surface area contributed by atoms with E-state index in [4.69, 9.17) is 0 Å². The van der Waals surface area contributed by atoms with Crippen molar-refractivity contribution in [2.45, 2.75) is 38.0 Å². The zero-order valence-corrected chi connectivity index (χ0v) is 14.2. The lowest BCUT2D eigenvalue weighted by Crippen LogP contribution is -2.53. The molecule has 1 saturated heterocycles. The van der Waals surface area contributed by atoms with Gasteiger partial charge in [-0.2, -0.15) is 5.10 Å². The highest BCUT2D eigenvalue weighted by molar-refractivity contribution is 5.26. The molecule has 0 saturated carbocycles. The van der Waals surface area contributed by atoms with Crippen LogP contribution in [-0.2, 0) is 12.1 Å². The molecule has 0 spiro atoms. The van der Waals surface area contributed by atoms with Crippen molar-refractivity contribution in [3.8, 4) is 0 Å². The van der Waals surface area contributed by atoms with E-state index in [0.29, 0.717) is 0 Å². The Morgan fingerprint density at radius 1 is 1.24 bits per heavy atom. The molecule has 1 aliphatic rings. The van der Waals surface area contributed by atoms with Crippen LogP contribution in [0, 0.1) is 11.6 Å². The van der Waals surface area contributed by atoms with Crippen LogP contribution in [0.2, 0.25) is 0 Å². The first-order valence-corrected chi connectivity index (χ1v) is 8.30. The van der Waals surface area contributed by atoms with Gasteiger partial charge in [-0.25, -0.2) is 18.4 Å². The normalized spacial score (nSPS) is 19.6. The van der Waals surface area contributed by atoms with Crippen LogP contribution >= 0.6 is 0 Å². The van der Waals surface area contributed by atoms with E-state index in [-0.39, 0.29) is 18.2 Å². The fourth-order valence-electron chi connectivity index (χ4n) is 3.36. The van der Waals surface area contributed by atoms with Crippen LogP contribution in [0.5, 0.6) is 0 Å². The lowest BCUT2D eigenvalue weighted by atomic mass is 9.84. The summed E-state index contributed by atoms with van der Waals surface area (Å²) in [6.45, 7) is 7.42. The van der Waals surface area contributed by atoms with Crippen molar-refractivity contribution in [1.82, 2.24) is 19.7 Å². The largest absolute Gasteiger partial charge is 0.382 e. The maximum atomic E-state index is 13.8. The van der Waals surface area contributed by atoms with Crippen LogP contribution in [0.15, 0.2) is 43.0 Å². The number of nitrogens with zero attached hydrogens (tertiary/aromatic N) is 4. The first-order chi connectivity index (χ1) is 11.9. The molecule has 1 aromatic carbocycles. The topological polar surface area (TPSA) is 54.2 Å². The van der Waals surface area contributed by atoms with Crippen LogP contribution in [0.25, 0.3) is 0 Å². The summed E-state index contributed by atoms with van der Waals surface area (Å²) < 4.78 is 29.0. The lowest BCUT2D eigenvalue weighted by molar-refractivity contribution is -0.0637. The van der Waals surface area contributed by atoms with Gasteiger partial charge in [-0.15, -0.1) is 0 Å². The lowest BCUT2D eigenvalue weighted by Gasteiger charge is -2.43. The number of aromatic nitrogens is 3. The van der Waals surface area contributed by atoms with Gasteiger partial charge in [0.25, 0.3) is 0 Å². The quantitative estimate of drug-likeness (QED) is 0.844. The van der Waals surface area contributed by atoms with E-state index in [1.54, 1.807) is 0 Å². The SMILES string of the molecule is C=C1CCN([C@H](C)[C@](O)(Cn2cncn2)c2cc(F)cc(F)c2)CC1. The molecule has 7 heteroatoms. The molecule has 2 heterocycles. The number of likely N-dealkylation sites (tertiary alicyclic amines) is 1. The van der Waals surface area contributed by atoms with Gasteiger partial charge >= 0.3 is 0 Å². The molecule has 2 atom stereocenters. The van der Waals surface area contributed by atoms with Gasteiger partial charge in [0, 0.05) is 25.2 Å². The van der Waals surface area contributed by atoms with Crippen molar-refractivity contribution in [3.63, 3.8) is 0 Å². The molecule has 5 nitrogen and oxygen atoms in total. The Hall–Kier alpha value is -2.12. The molecule has 25 heavy (non-hydrogen) atoms. The first kappa shape index (κ1) is 17.7. The number of halogens is 2. The van der Waals surface area contributed by atoms with Crippen molar-refractivity contribution in [1.29, 1.82) is 0 Å². The minimum atomic E-state index is -1.52. The molecule has 1 aromatic heterocycles. The van der Waals surface area contributed by atoms with E-state index in [1.807, 2.05) is 6.92 Å². The molecule has 2 aromatic rings. The van der Waals surface area contributed by atoms with E-state index in [0.717, 1.165) is 32.0 Å². The van der Waals surface area contributed by atoms with E-state index in [9.17, 15) is 13.9 Å². The van der Waals surface area contributed by atoms with Crippen molar-refractivity contribution in [2.24, 2.45) is 0 Å². The van der Waals surface area contributed by atoms with E-state index < -0.39 is 17.2 Å². The minimum Gasteiger partial charge on any atom is -0.382 e. The van der Waals surface area contributed by atoms with Crippen LogP contribution in [-0.4, -0.2) is 43.9 Å². The molecule has 0 unspecified atom stereocenters. The van der Waals surface area contributed by atoms with Gasteiger partial charge < -0.3 is 5.11 Å². The molecule has 1 aliphatic heterocycles. The maximum absolute atomic E-state index is 13.8. The number of aliphatic hydroxyl groups is 1. The summed E-state index contributed by atoms with van der Waals surface area (Å²) >= 11 is 0. The third-order valence-electron chi connectivity index (χ3n) is 4.98. The standard InChI is InChI=1S/C18H22F2N4O/c1-13-3-5-23(6-4-13)14(2)18(25,10-24-12-21-11-22-24)15-7-16(19)9-17(20)8-15/h7-9,11-12,14,25H,1,3-6,10H2,2H3/t14-,18-/m1/s1. The van der Waals surface area contributed by atoms with Gasteiger partial charge in [-0.3, -0.25) is 4.90 Å². The average Bonchev–Trinajstić information content (AvgIpc) is 3.06. The van der Waals surface area contributed by atoms with Crippen LogP contribution in [0.1, 0.15) is 25.3 Å². The molecule has 0 bridgehead atoms. The summed E-state index contributed by atoms with van der Waals surface area (Å²) in [5.41, 5.74) is -0.146. The van der Waals surface area contributed by atoms with Crippen LogP contribution < -0.4 is 0 Å². The summed E-state index contributed by atoms with van der Waals surface area (Å²) in [6.07, 6.45) is 4.54. The molecule has 3 rings (SSSR count). The number of rotatable bonds is 5. The van der Waals surface area contributed by atoms with Crippen molar-refractivity contribution >= 4 is 0 Å². The second-order valence-corrected chi connectivity index (χ2v) is 6.64. The Bertz CT molecular complexity index is 719. The Labute approximate surface area is 145 Å². The van der Waals surface area contributed by atoms with Gasteiger partial charge in [0.2, 0.25) is 0 Å². The van der Waals surface area contributed by atoms with E-state index in [1.165, 1.54) is 35.0 Å². The van der Waals surface area contributed by atoms with E-state index in [2.05, 4.69) is 21.6 Å². The van der Waals surface area contributed by atoms with Gasteiger partial charge in [-0.05, 0) is 37.5 Å². The summed E-state index contributed by atoms with van der Waals surface area (Å²) in [6, 6.07) is 2.79.